The number of rotatable bonds is 0. The summed E-state index contributed by atoms with van der Waals surface area (Å²) in [5.41, 5.74) is 0. The van der Waals surface area contributed by atoms with Crippen molar-refractivity contribution in [3.63, 3.8) is 0 Å². The topological polar surface area (TPSA) is 433 Å². The van der Waals surface area contributed by atoms with Crippen molar-refractivity contribution in [2.24, 2.45) is 0 Å². The van der Waals surface area contributed by atoms with Crippen molar-refractivity contribution in [1.82, 2.24) is 0 Å². The van der Waals surface area contributed by atoms with Crippen LogP contribution < -0.4 is 0 Å². The standard InChI is InChI=1S/Mn.5H2O4S.H2O/c;5*1-5(2,3)4;/h;5*(H2,1,2,3,4);1H2/q+2;;;;;;/p-10. The summed E-state index contributed by atoms with van der Waals surface area (Å²) in [6.07, 6.45) is 0. The third kappa shape index (κ3) is 504000. The molecular weight excluding hydrogens is 551 g/mol. The second-order valence-corrected chi connectivity index (χ2v) is 6.12. The number of hydrogen-bond donors (Lipinski definition) is 0. The minimum absolute atomic E-state index is 0. The molecule has 0 atom stereocenters. The minimum atomic E-state index is -5.17. The summed E-state index contributed by atoms with van der Waals surface area (Å²) in [6.45, 7) is 0. The Hall–Kier alpha value is -0.171. The van der Waals surface area contributed by atoms with E-state index in [0.717, 1.165) is 0 Å². The van der Waals surface area contributed by atoms with Gasteiger partial charge in [0.1, 0.15) is 0 Å². The molecule has 0 saturated heterocycles. The average Bonchev–Trinajstić information content (AvgIpc) is 1.79. The van der Waals surface area contributed by atoms with Crippen molar-refractivity contribution >= 4 is 52.0 Å². The molecular formula is H2MnO21S5-8. The summed E-state index contributed by atoms with van der Waals surface area (Å²) in [4.78, 5) is 0. The van der Waals surface area contributed by atoms with Crippen LogP contribution in [0.3, 0.4) is 0 Å². The van der Waals surface area contributed by atoms with E-state index in [9.17, 15) is 0 Å². The Labute approximate surface area is 162 Å². The van der Waals surface area contributed by atoms with E-state index in [4.69, 9.17) is 87.6 Å². The van der Waals surface area contributed by atoms with Gasteiger partial charge in [0, 0.05) is 52.0 Å². The first-order valence-corrected chi connectivity index (χ1v) is 10.0. The van der Waals surface area contributed by atoms with Crippen LogP contribution in [-0.4, -0.2) is 93.1 Å². The molecule has 0 saturated carbocycles. The monoisotopic (exact) mass is 553 g/mol. The van der Waals surface area contributed by atoms with Gasteiger partial charge >= 0.3 is 17.1 Å². The molecule has 0 aliphatic carbocycles. The van der Waals surface area contributed by atoms with E-state index in [-0.39, 0.29) is 22.5 Å². The number of hydrogen-bond acceptors (Lipinski definition) is 20. The molecule has 0 aromatic rings. The largest absolute Gasteiger partial charge is 2.00 e. The van der Waals surface area contributed by atoms with Crippen molar-refractivity contribution < 1.29 is 110 Å². The maximum absolute atomic E-state index is 8.52. The second-order valence-electron chi connectivity index (χ2n) is 2.04. The van der Waals surface area contributed by atoms with Gasteiger partial charge in [-0.2, -0.15) is 0 Å². The molecule has 27 heavy (non-hydrogen) atoms. The normalized spacial score (nSPS) is 10.7. The van der Waals surface area contributed by atoms with E-state index in [1.165, 1.54) is 0 Å². The Kier molecular flexibility index (Phi) is 30.2. The molecule has 1 radical (unpaired) electrons. The fourth-order valence-electron chi connectivity index (χ4n) is 0. The van der Waals surface area contributed by atoms with Crippen molar-refractivity contribution in [1.29, 1.82) is 0 Å². The van der Waals surface area contributed by atoms with E-state index in [1.54, 1.807) is 0 Å². The molecule has 0 spiro atoms. The molecule has 0 aromatic carbocycles. The van der Waals surface area contributed by atoms with Crippen LogP contribution >= 0.6 is 0 Å². The van der Waals surface area contributed by atoms with Crippen LogP contribution in [0.1, 0.15) is 0 Å². The fourth-order valence-corrected chi connectivity index (χ4v) is 0. The van der Waals surface area contributed by atoms with Crippen LogP contribution in [0.2, 0.25) is 0 Å². The van der Waals surface area contributed by atoms with Gasteiger partial charge in [-0.3, -0.25) is 42.1 Å². The predicted octanol–water partition coefficient (Wildman–Crippen LogP) is -7.52. The van der Waals surface area contributed by atoms with Gasteiger partial charge < -0.3 is 51.0 Å². The summed E-state index contributed by atoms with van der Waals surface area (Å²) in [5.74, 6) is 0. The molecule has 2 N–H and O–H groups in total. The molecule has 27 heteroatoms. The Morgan fingerprint density at radius 2 is 0.296 bits per heavy atom. The van der Waals surface area contributed by atoms with E-state index >= 15 is 0 Å². The zero-order valence-corrected chi connectivity index (χ0v) is 16.3. The van der Waals surface area contributed by atoms with Crippen LogP contribution in [-0.2, 0) is 69.1 Å². The molecule has 0 heterocycles. The van der Waals surface area contributed by atoms with E-state index in [2.05, 4.69) is 0 Å². The molecule has 0 bridgehead atoms. The van der Waals surface area contributed by atoms with Gasteiger partial charge in [0.2, 0.25) is 0 Å². The molecule has 0 rings (SSSR count). The zero-order valence-electron chi connectivity index (χ0n) is 11.1. The van der Waals surface area contributed by atoms with Crippen LogP contribution in [0.15, 0.2) is 0 Å². The Balaban J connectivity index is -0.0000000364. The van der Waals surface area contributed by atoms with Crippen molar-refractivity contribution in [2.45, 2.75) is 0 Å². The molecule has 0 unspecified atom stereocenters. The predicted molar refractivity (Wildman–Crippen MR) is 56.0 cm³/mol. The van der Waals surface area contributed by atoms with Crippen LogP contribution in [0.5, 0.6) is 0 Å². The van der Waals surface area contributed by atoms with Gasteiger partial charge in [-0.25, -0.2) is 0 Å². The maximum Gasteiger partial charge on any atom is 2.00 e. The molecule has 21 nitrogen and oxygen atoms in total. The Bertz CT molecular complexity index is 615. The quantitative estimate of drug-likeness (QED) is 0.152. The summed E-state index contributed by atoms with van der Waals surface area (Å²) in [5, 5.41) is 0. The zero-order chi connectivity index (χ0) is 22.5. The van der Waals surface area contributed by atoms with Crippen molar-refractivity contribution in [3.8, 4) is 0 Å². The molecule has 0 aliphatic rings. The van der Waals surface area contributed by atoms with E-state index in [0.29, 0.717) is 0 Å². The molecule has 0 fully saturated rings. The van der Waals surface area contributed by atoms with Gasteiger partial charge in [0.05, 0.1) is 0 Å². The Morgan fingerprint density at radius 1 is 0.296 bits per heavy atom. The summed E-state index contributed by atoms with van der Waals surface area (Å²) in [6, 6.07) is 0. The molecule has 0 aliphatic heterocycles. The molecule has 0 aromatic heterocycles. The average molecular weight is 553 g/mol. The van der Waals surface area contributed by atoms with Crippen molar-refractivity contribution in [3.05, 3.63) is 0 Å². The van der Waals surface area contributed by atoms with E-state index in [1.807, 2.05) is 0 Å². The molecule has 0 amide bonds. The summed E-state index contributed by atoms with van der Waals surface area (Å²) < 4.78 is 170. The maximum atomic E-state index is 8.52. The van der Waals surface area contributed by atoms with E-state index < -0.39 is 52.0 Å². The van der Waals surface area contributed by atoms with Crippen molar-refractivity contribution in [2.75, 3.05) is 0 Å². The second kappa shape index (κ2) is 17.9. The summed E-state index contributed by atoms with van der Waals surface area (Å²) in [7, 11) is -25.8. The van der Waals surface area contributed by atoms with Crippen LogP contribution in [0, 0.1) is 0 Å². The first kappa shape index (κ1) is 45.5. The SMILES string of the molecule is O.O=S(=O)([O-])[O-].O=S(=O)([O-])[O-].O=S(=O)([O-])[O-].O=S(=O)([O-])[O-].O=S(=O)([O-])[O-].[Mn+2]. The van der Waals surface area contributed by atoms with Gasteiger partial charge in [0.15, 0.2) is 0 Å². The van der Waals surface area contributed by atoms with Crippen LogP contribution in [0.4, 0.5) is 0 Å². The molecule has 173 valence electrons. The van der Waals surface area contributed by atoms with Gasteiger partial charge in [-0.15, -0.1) is 0 Å². The third-order valence-corrected chi connectivity index (χ3v) is 0. The van der Waals surface area contributed by atoms with Gasteiger partial charge in [-0.1, -0.05) is 0 Å². The first-order valence-electron chi connectivity index (χ1n) is 3.33. The fraction of sp³-hybridized carbons (Fsp3) is 0. The smallest absolute Gasteiger partial charge is 0.759 e. The van der Waals surface area contributed by atoms with Crippen LogP contribution in [0.25, 0.3) is 0 Å². The Morgan fingerprint density at radius 3 is 0.296 bits per heavy atom. The van der Waals surface area contributed by atoms with Gasteiger partial charge in [0.25, 0.3) is 0 Å². The third-order valence-electron chi connectivity index (χ3n) is 0. The van der Waals surface area contributed by atoms with Gasteiger partial charge in [-0.05, 0) is 0 Å². The summed E-state index contributed by atoms with van der Waals surface area (Å²) >= 11 is 0. The first-order chi connectivity index (χ1) is 10.0. The minimum Gasteiger partial charge on any atom is -0.759 e.